The highest BCUT2D eigenvalue weighted by atomic mass is 32.2. The Morgan fingerprint density at radius 2 is 1.70 bits per heavy atom. The number of pyridine rings is 1. The van der Waals surface area contributed by atoms with Crippen LogP contribution in [0.2, 0.25) is 0 Å². The quantitative estimate of drug-likeness (QED) is 0.240. The fraction of sp³-hybridized carbons (Fsp3) is 0.318. The van der Waals surface area contributed by atoms with Crippen molar-refractivity contribution in [3.63, 3.8) is 0 Å². The fourth-order valence-corrected chi connectivity index (χ4v) is 2.13. The molecule has 0 aliphatic heterocycles. The fourth-order valence-electron chi connectivity index (χ4n) is 1.82. The molecule has 2 aromatic rings. The molecule has 2 amide bonds. The summed E-state index contributed by atoms with van der Waals surface area (Å²) in [5.41, 5.74) is 12.6. The van der Waals surface area contributed by atoms with Crippen molar-refractivity contribution in [1.29, 1.82) is 0 Å². The molecule has 1 heterocycles. The van der Waals surface area contributed by atoms with Gasteiger partial charge in [0.15, 0.2) is 0 Å². The van der Waals surface area contributed by atoms with Crippen LogP contribution in [0.25, 0.3) is 0 Å². The highest BCUT2D eigenvalue weighted by molar-refractivity contribution is 7.98. The first-order valence-electron chi connectivity index (χ1n) is 9.51. The van der Waals surface area contributed by atoms with Crippen LogP contribution in [0.4, 0.5) is 16.3 Å². The lowest BCUT2D eigenvalue weighted by Crippen LogP contribution is -2.31. The zero-order chi connectivity index (χ0) is 23.2. The van der Waals surface area contributed by atoms with Gasteiger partial charge in [0.25, 0.3) is 0 Å². The number of nitrogens with two attached hydrogens (primary N) is 2. The Morgan fingerprint density at radius 3 is 2.13 bits per heavy atom. The molecule has 0 unspecified atom stereocenters. The van der Waals surface area contributed by atoms with Crippen LogP contribution in [0.1, 0.15) is 26.3 Å². The summed E-state index contributed by atoms with van der Waals surface area (Å²) in [7, 11) is 0. The van der Waals surface area contributed by atoms with E-state index in [1.807, 2.05) is 63.4 Å². The Bertz CT molecular complexity index is 708. The summed E-state index contributed by atoms with van der Waals surface area (Å²) in [6, 6.07) is 13.2. The van der Waals surface area contributed by atoms with E-state index in [0.717, 1.165) is 5.75 Å². The third-order valence-electron chi connectivity index (χ3n) is 3.04. The number of hydrogen-bond donors (Lipinski definition) is 4. The summed E-state index contributed by atoms with van der Waals surface area (Å²) < 4.78 is 0. The standard InChI is InChI=1S/C12H20N6OS.C6H6.C2H6.C2H2/c1-3-15-11(14)8-7-17-10(6-9(8)13)18-12(19)16-4-5-20-2;1-2-4-6-5-3-1;2*1-2/h6-7H,3-5H2,1-2H3,(H2,14,15)(H4,13,16,17,18,19);1-6H;1-2H3;1-2H. The Balaban J connectivity index is 0. The van der Waals surface area contributed by atoms with Gasteiger partial charge in [-0.3, -0.25) is 10.3 Å². The van der Waals surface area contributed by atoms with E-state index in [1.165, 1.54) is 6.20 Å². The molecule has 6 N–H and O–H groups in total. The van der Waals surface area contributed by atoms with Gasteiger partial charge in [-0.2, -0.15) is 11.8 Å². The van der Waals surface area contributed by atoms with Crippen LogP contribution in [-0.2, 0) is 0 Å². The van der Waals surface area contributed by atoms with E-state index in [4.69, 9.17) is 11.5 Å². The third-order valence-corrected chi connectivity index (χ3v) is 3.65. The van der Waals surface area contributed by atoms with Gasteiger partial charge in [-0.25, -0.2) is 9.78 Å². The smallest absolute Gasteiger partial charge is 0.320 e. The first kappa shape index (κ1) is 29.0. The summed E-state index contributed by atoms with van der Waals surface area (Å²) in [5, 5.41) is 5.32. The van der Waals surface area contributed by atoms with Gasteiger partial charge < -0.3 is 16.8 Å². The molecule has 1 aromatic heterocycles. The lowest BCUT2D eigenvalue weighted by atomic mass is 10.2. The second kappa shape index (κ2) is 20.6. The maximum atomic E-state index is 11.6. The number of anilines is 2. The van der Waals surface area contributed by atoms with Gasteiger partial charge in [-0.1, -0.05) is 50.2 Å². The van der Waals surface area contributed by atoms with Crippen molar-refractivity contribution < 1.29 is 4.79 Å². The van der Waals surface area contributed by atoms with Gasteiger partial charge in [-0.05, 0) is 13.2 Å². The summed E-state index contributed by atoms with van der Waals surface area (Å²) in [6.07, 6.45) is 11.5. The number of carbonyl (C=O) groups excluding carboxylic acids is 1. The van der Waals surface area contributed by atoms with Gasteiger partial charge in [0.05, 0.1) is 5.56 Å². The van der Waals surface area contributed by atoms with Crippen LogP contribution >= 0.6 is 11.8 Å². The molecule has 30 heavy (non-hydrogen) atoms. The van der Waals surface area contributed by atoms with Crippen LogP contribution in [-0.4, -0.2) is 41.9 Å². The predicted octanol–water partition coefficient (Wildman–Crippen LogP) is 3.84. The van der Waals surface area contributed by atoms with Crippen molar-refractivity contribution in [3.05, 3.63) is 54.2 Å². The lowest BCUT2D eigenvalue weighted by molar-refractivity contribution is 0.252. The van der Waals surface area contributed by atoms with E-state index >= 15 is 0 Å². The predicted molar refractivity (Wildman–Crippen MR) is 133 cm³/mol. The van der Waals surface area contributed by atoms with Crippen molar-refractivity contribution in [2.45, 2.75) is 20.8 Å². The molecule has 0 bridgehead atoms. The largest absolute Gasteiger partial charge is 0.398 e. The second-order valence-corrected chi connectivity index (χ2v) is 6.03. The van der Waals surface area contributed by atoms with Crippen molar-refractivity contribution >= 4 is 35.1 Å². The molecule has 164 valence electrons. The van der Waals surface area contributed by atoms with Crippen molar-refractivity contribution in [2.24, 2.45) is 10.7 Å². The number of benzene rings is 1. The monoisotopic (exact) mass is 430 g/mol. The molecule has 0 saturated carbocycles. The van der Waals surface area contributed by atoms with E-state index in [9.17, 15) is 4.79 Å². The molecule has 1 aromatic carbocycles. The molecule has 7 nitrogen and oxygen atoms in total. The van der Waals surface area contributed by atoms with E-state index in [-0.39, 0.29) is 6.03 Å². The number of terminal acetylenes is 1. The number of nitrogens with one attached hydrogen (secondary N) is 2. The number of nitrogens with zero attached hydrogens (tertiary/aromatic N) is 2. The van der Waals surface area contributed by atoms with Gasteiger partial charge in [-0.15, -0.1) is 12.8 Å². The van der Waals surface area contributed by atoms with Crippen LogP contribution < -0.4 is 22.1 Å². The average molecular weight is 431 g/mol. The molecular weight excluding hydrogens is 396 g/mol. The number of hydrogen-bond acceptors (Lipinski definition) is 5. The Hall–Kier alpha value is -3.18. The average Bonchev–Trinajstić information content (AvgIpc) is 2.78. The Kier molecular flexibility index (Phi) is 19.9. The Labute approximate surface area is 185 Å². The number of aliphatic imine (C=N–C) groups is 1. The third kappa shape index (κ3) is 13.9. The minimum Gasteiger partial charge on any atom is -0.398 e. The van der Waals surface area contributed by atoms with Crippen LogP contribution in [0.5, 0.6) is 0 Å². The van der Waals surface area contributed by atoms with Gasteiger partial charge in [0, 0.05) is 36.8 Å². The molecule has 0 spiro atoms. The number of aromatic nitrogens is 1. The number of nitrogen functional groups attached to an aromatic ring is 1. The SMILES string of the molecule is C#C.CC.CCN=C(N)c1cnc(NC(=O)NCCSC)cc1N.c1ccccc1. The first-order valence-corrected chi connectivity index (χ1v) is 10.9. The van der Waals surface area contributed by atoms with Gasteiger partial charge in [0.1, 0.15) is 11.7 Å². The lowest BCUT2D eigenvalue weighted by Gasteiger charge is -2.09. The topological polar surface area (TPSA) is 118 Å². The van der Waals surface area contributed by atoms with Gasteiger partial charge >= 0.3 is 6.03 Å². The van der Waals surface area contributed by atoms with Crippen molar-refractivity contribution in [1.82, 2.24) is 10.3 Å². The molecule has 0 aliphatic rings. The maximum Gasteiger partial charge on any atom is 0.320 e. The second-order valence-electron chi connectivity index (χ2n) is 5.04. The van der Waals surface area contributed by atoms with E-state index in [2.05, 4.69) is 33.5 Å². The van der Waals surface area contributed by atoms with Crippen LogP contribution in [0, 0.1) is 12.8 Å². The van der Waals surface area contributed by atoms with Gasteiger partial charge in [0.2, 0.25) is 0 Å². The highest BCUT2D eigenvalue weighted by Crippen LogP contribution is 2.14. The summed E-state index contributed by atoms with van der Waals surface area (Å²) in [5.74, 6) is 1.57. The number of urea groups is 1. The van der Waals surface area contributed by atoms with Crippen molar-refractivity contribution in [2.75, 3.05) is 36.1 Å². The zero-order valence-corrected chi connectivity index (χ0v) is 19.1. The number of carbonyl (C=O) groups is 1. The molecule has 0 fully saturated rings. The van der Waals surface area contributed by atoms with E-state index < -0.39 is 0 Å². The Morgan fingerprint density at radius 1 is 1.17 bits per heavy atom. The summed E-state index contributed by atoms with van der Waals surface area (Å²) in [6.45, 7) is 7.05. The summed E-state index contributed by atoms with van der Waals surface area (Å²) in [4.78, 5) is 19.7. The molecule has 0 atom stereocenters. The number of thioether (sulfide) groups is 1. The molecule has 0 radical (unpaired) electrons. The summed E-state index contributed by atoms with van der Waals surface area (Å²) >= 11 is 1.66. The molecule has 0 saturated heterocycles. The number of rotatable bonds is 6. The number of amides is 2. The zero-order valence-electron chi connectivity index (χ0n) is 18.3. The molecular formula is C22H34N6OS. The minimum absolute atomic E-state index is 0.311. The normalized spacial score (nSPS) is 9.33. The highest BCUT2D eigenvalue weighted by Gasteiger charge is 2.08. The molecule has 2 rings (SSSR count). The van der Waals surface area contributed by atoms with E-state index in [0.29, 0.717) is 36.0 Å². The maximum absolute atomic E-state index is 11.6. The van der Waals surface area contributed by atoms with Crippen LogP contribution in [0.3, 0.4) is 0 Å². The van der Waals surface area contributed by atoms with Crippen molar-refractivity contribution in [3.8, 4) is 12.8 Å². The number of amidine groups is 1. The minimum atomic E-state index is -0.311. The van der Waals surface area contributed by atoms with Crippen LogP contribution in [0.15, 0.2) is 53.7 Å². The molecule has 0 aliphatic carbocycles. The first-order chi connectivity index (χ1) is 14.6. The van der Waals surface area contributed by atoms with E-state index in [1.54, 1.807) is 17.8 Å². The molecule has 8 heteroatoms.